The first-order valence-corrected chi connectivity index (χ1v) is 9.03. The van der Waals surface area contributed by atoms with Crippen molar-refractivity contribution in [3.8, 4) is 0 Å². The Hall–Kier alpha value is -0.310. The quantitative estimate of drug-likeness (QED) is 0.886. The van der Waals surface area contributed by atoms with Gasteiger partial charge >= 0.3 is 0 Å². The molecular formula is C10H17N3O2S3. The monoisotopic (exact) mass is 307 g/mol. The molecule has 2 rings (SSSR count). The first-order chi connectivity index (χ1) is 8.30. The Bertz CT molecular complexity index is 533. The third kappa shape index (κ3) is 3.17. The minimum atomic E-state index is -3.65. The number of hydrogen-bond acceptors (Lipinski definition) is 6. The van der Waals surface area contributed by atoms with E-state index in [1.165, 1.54) is 18.6 Å². The largest absolute Gasteiger partial charge is 0.360 e. The molecule has 2 heterocycles. The first-order valence-electron chi connectivity index (χ1n) is 5.68. The number of thiazole rings is 1. The van der Waals surface area contributed by atoms with Crippen molar-refractivity contribution in [3.63, 3.8) is 0 Å². The van der Waals surface area contributed by atoms with Gasteiger partial charge in [-0.3, -0.25) is 0 Å². The van der Waals surface area contributed by atoms with Gasteiger partial charge < -0.3 is 5.32 Å². The van der Waals surface area contributed by atoms with Crippen LogP contribution >= 0.6 is 23.1 Å². The molecule has 0 amide bonds. The SMILES string of the molecule is Cc1nc(NCC2(C)CCCS2)sc1S(N)(=O)=O. The van der Waals surface area contributed by atoms with Crippen molar-refractivity contribution in [1.82, 2.24) is 4.98 Å². The number of hydrogen-bond donors (Lipinski definition) is 2. The molecule has 1 aliphatic heterocycles. The lowest BCUT2D eigenvalue weighted by Crippen LogP contribution is -2.26. The molecule has 1 fully saturated rings. The van der Waals surface area contributed by atoms with Crippen LogP contribution < -0.4 is 10.5 Å². The van der Waals surface area contributed by atoms with Crippen LogP contribution in [-0.2, 0) is 10.0 Å². The minimum Gasteiger partial charge on any atom is -0.360 e. The summed E-state index contributed by atoms with van der Waals surface area (Å²) in [4.78, 5) is 4.21. The topological polar surface area (TPSA) is 85.1 Å². The summed E-state index contributed by atoms with van der Waals surface area (Å²) in [7, 11) is -3.65. The van der Waals surface area contributed by atoms with E-state index in [4.69, 9.17) is 5.14 Å². The van der Waals surface area contributed by atoms with Gasteiger partial charge in [-0.1, -0.05) is 11.3 Å². The lowest BCUT2D eigenvalue weighted by atomic mass is 10.1. The van der Waals surface area contributed by atoms with Gasteiger partial charge in [-0.05, 0) is 32.4 Å². The van der Waals surface area contributed by atoms with Crippen molar-refractivity contribution >= 4 is 38.3 Å². The summed E-state index contributed by atoms with van der Waals surface area (Å²) in [5.41, 5.74) is 0.467. The highest BCUT2D eigenvalue weighted by Crippen LogP contribution is 2.38. The number of nitrogens with zero attached hydrogens (tertiary/aromatic N) is 1. The average Bonchev–Trinajstić information content (AvgIpc) is 2.82. The van der Waals surface area contributed by atoms with Crippen molar-refractivity contribution in [2.45, 2.75) is 35.6 Å². The van der Waals surface area contributed by atoms with Crippen LogP contribution in [0.5, 0.6) is 0 Å². The van der Waals surface area contributed by atoms with Gasteiger partial charge in [0.1, 0.15) is 0 Å². The molecule has 3 N–H and O–H groups in total. The first kappa shape index (κ1) is 14.1. The fourth-order valence-electron chi connectivity index (χ4n) is 1.96. The van der Waals surface area contributed by atoms with Crippen LogP contribution in [0.15, 0.2) is 4.21 Å². The molecule has 102 valence electrons. The van der Waals surface area contributed by atoms with Crippen LogP contribution in [0.4, 0.5) is 5.13 Å². The van der Waals surface area contributed by atoms with E-state index in [0.717, 1.165) is 17.9 Å². The van der Waals surface area contributed by atoms with E-state index in [2.05, 4.69) is 17.2 Å². The second-order valence-corrected chi connectivity index (χ2v) is 9.13. The third-order valence-corrected chi connectivity index (χ3v) is 7.13. The molecule has 1 aromatic rings. The van der Waals surface area contributed by atoms with E-state index in [9.17, 15) is 8.42 Å². The van der Waals surface area contributed by atoms with Gasteiger partial charge in [0.05, 0.1) is 5.69 Å². The summed E-state index contributed by atoms with van der Waals surface area (Å²) < 4.78 is 23.0. The normalized spacial score (nSPS) is 24.4. The number of anilines is 1. The molecule has 0 saturated carbocycles. The number of thioether (sulfide) groups is 1. The molecule has 1 unspecified atom stereocenters. The Kier molecular flexibility index (Phi) is 3.91. The number of aryl methyl sites for hydroxylation is 1. The Labute approximate surface area is 116 Å². The van der Waals surface area contributed by atoms with Crippen LogP contribution in [0, 0.1) is 6.92 Å². The highest BCUT2D eigenvalue weighted by atomic mass is 32.2. The van der Waals surface area contributed by atoms with Gasteiger partial charge in [-0.25, -0.2) is 18.5 Å². The molecule has 0 radical (unpaired) electrons. The molecule has 0 bridgehead atoms. The third-order valence-electron chi connectivity index (χ3n) is 2.93. The maximum absolute atomic E-state index is 11.3. The van der Waals surface area contributed by atoms with Gasteiger partial charge in [-0.15, -0.1) is 0 Å². The lowest BCUT2D eigenvalue weighted by Gasteiger charge is -2.22. The Morgan fingerprint density at radius 3 is 2.78 bits per heavy atom. The predicted molar refractivity (Wildman–Crippen MR) is 76.8 cm³/mol. The van der Waals surface area contributed by atoms with Crippen molar-refractivity contribution < 1.29 is 8.42 Å². The zero-order valence-electron chi connectivity index (χ0n) is 10.4. The van der Waals surface area contributed by atoms with Crippen LogP contribution in [0.3, 0.4) is 0 Å². The molecule has 5 nitrogen and oxygen atoms in total. The summed E-state index contributed by atoms with van der Waals surface area (Å²) in [6.07, 6.45) is 2.42. The van der Waals surface area contributed by atoms with Crippen LogP contribution in [0.1, 0.15) is 25.5 Å². The fraction of sp³-hybridized carbons (Fsp3) is 0.700. The maximum atomic E-state index is 11.3. The van der Waals surface area contributed by atoms with Crippen molar-refractivity contribution in [2.75, 3.05) is 17.6 Å². The summed E-state index contributed by atoms with van der Waals surface area (Å²) in [5, 5.41) is 8.98. The number of nitrogens with two attached hydrogens (primary N) is 1. The van der Waals surface area contributed by atoms with E-state index < -0.39 is 10.0 Å². The molecule has 1 atom stereocenters. The zero-order valence-corrected chi connectivity index (χ0v) is 12.8. The molecule has 1 saturated heterocycles. The molecule has 0 spiro atoms. The van der Waals surface area contributed by atoms with Crippen LogP contribution in [0.2, 0.25) is 0 Å². The van der Waals surface area contributed by atoms with E-state index in [1.54, 1.807) is 6.92 Å². The Balaban J connectivity index is 2.07. The Morgan fingerprint density at radius 1 is 1.56 bits per heavy atom. The van der Waals surface area contributed by atoms with E-state index in [0.29, 0.717) is 10.8 Å². The standard InChI is InChI=1S/C10H17N3O2S3/c1-7-8(18(11,14)15)17-9(13-7)12-6-10(2)4-3-5-16-10/h3-6H2,1-2H3,(H,12,13)(H2,11,14,15). The number of nitrogens with one attached hydrogen (secondary N) is 1. The molecule has 0 aliphatic carbocycles. The molecule has 18 heavy (non-hydrogen) atoms. The van der Waals surface area contributed by atoms with E-state index in [-0.39, 0.29) is 8.96 Å². The summed E-state index contributed by atoms with van der Waals surface area (Å²) in [5.74, 6) is 1.19. The molecular weight excluding hydrogens is 290 g/mol. The number of aromatic nitrogens is 1. The molecule has 1 aliphatic rings. The van der Waals surface area contributed by atoms with Gasteiger partial charge in [0.15, 0.2) is 9.34 Å². The van der Waals surface area contributed by atoms with Crippen molar-refractivity contribution in [3.05, 3.63) is 5.69 Å². The van der Waals surface area contributed by atoms with Gasteiger partial charge in [-0.2, -0.15) is 11.8 Å². The van der Waals surface area contributed by atoms with Gasteiger partial charge in [0.25, 0.3) is 0 Å². The summed E-state index contributed by atoms with van der Waals surface area (Å²) in [6, 6.07) is 0. The summed E-state index contributed by atoms with van der Waals surface area (Å²) >= 11 is 3.06. The summed E-state index contributed by atoms with van der Waals surface area (Å²) in [6.45, 7) is 4.68. The highest BCUT2D eigenvalue weighted by molar-refractivity contribution is 8.00. The number of rotatable bonds is 4. The van der Waals surface area contributed by atoms with Gasteiger partial charge in [0, 0.05) is 11.3 Å². The maximum Gasteiger partial charge on any atom is 0.249 e. The second kappa shape index (κ2) is 4.99. The minimum absolute atomic E-state index is 0.147. The van der Waals surface area contributed by atoms with Crippen molar-refractivity contribution in [1.29, 1.82) is 0 Å². The average molecular weight is 307 g/mol. The fourth-order valence-corrected chi connectivity index (χ4v) is 5.06. The molecule has 0 aromatic carbocycles. The highest BCUT2D eigenvalue weighted by Gasteiger charge is 2.29. The molecule has 8 heteroatoms. The van der Waals surface area contributed by atoms with E-state index >= 15 is 0 Å². The lowest BCUT2D eigenvalue weighted by molar-refractivity contribution is 0.599. The van der Waals surface area contributed by atoms with Crippen LogP contribution in [0.25, 0.3) is 0 Å². The zero-order chi connectivity index (χ0) is 13.4. The van der Waals surface area contributed by atoms with Crippen molar-refractivity contribution in [2.24, 2.45) is 5.14 Å². The number of sulfonamides is 1. The second-order valence-electron chi connectivity index (χ2n) is 4.69. The predicted octanol–water partition coefficient (Wildman–Crippen LogP) is 1.80. The molecule has 1 aromatic heterocycles. The van der Waals surface area contributed by atoms with Crippen LogP contribution in [-0.4, -0.2) is 30.4 Å². The van der Waals surface area contributed by atoms with Gasteiger partial charge in [0.2, 0.25) is 10.0 Å². The van der Waals surface area contributed by atoms with E-state index in [1.807, 2.05) is 11.8 Å². The Morgan fingerprint density at radius 2 is 2.28 bits per heavy atom. The number of primary sulfonamides is 1. The smallest absolute Gasteiger partial charge is 0.249 e.